The summed E-state index contributed by atoms with van der Waals surface area (Å²) in [6, 6.07) is 18.1. The van der Waals surface area contributed by atoms with Gasteiger partial charge < -0.3 is 20.3 Å². The van der Waals surface area contributed by atoms with Gasteiger partial charge in [0.25, 0.3) is 0 Å². The lowest BCUT2D eigenvalue weighted by Gasteiger charge is -2.21. The van der Waals surface area contributed by atoms with Crippen LogP contribution in [0.2, 0.25) is 0 Å². The molecule has 2 N–H and O–H groups in total. The summed E-state index contributed by atoms with van der Waals surface area (Å²) >= 11 is 0. The van der Waals surface area contributed by atoms with Crippen LogP contribution in [0.25, 0.3) is 0 Å². The largest absolute Gasteiger partial charge is 0.496 e. The van der Waals surface area contributed by atoms with Gasteiger partial charge in [0.05, 0.1) is 7.11 Å². The van der Waals surface area contributed by atoms with Crippen LogP contribution >= 0.6 is 0 Å². The summed E-state index contributed by atoms with van der Waals surface area (Å²) in [6.07, 6.45) is 1.74. The van der Waals surface area contributed by atoms with Crippen LogP contribution in [0.15, 0.2) is 60.8 Å². The molecular formula is C22H27N5O. The summed E-state index contributed by atoms with van der Waals surface area (Å²) in [5.74, 6) is 2.15. The molecule has 0 amide bonds. The maximum Gasteiger partial charge on any atom is 0.224 e. The molecule has 0 saturated carbocycles. The highest BCUT2D eigenvalue weighted by Crippen LogP contribution is 2.21. The van der Waals surface area contributed by atoms with Gasteiger partial charge in [-0.05, 0) is 50.2 Å². The number of hydrogen-bond acceptors (Lipinski definition) is 6. The molecule has 1 heterocycles. The Morgan fingerprint density at radius 2 is 1.71 bits per heavy atom. The third-order valence-electron chi connectivity index (χ3n) is 4.55. The fourth-order valence-electron chi connectivity index (χ4n) is 3.03. The molecule has 28 heavy (non-hydrogen) atoms. The molecule has 0 radical (unpaired) electrons. The van der Waals surface area contributed by atoms with Crippen molar-refractivity contribution in [2.45, 2.75) is 20.4 Å². The Hall–Kier alpha value is -3.28. The number of nitrogens with zero attached hydrogens (tertiary/aromatic N) is 3. The van der Waals surface area contributed by atoms with Gasteiger partial charge in [0.15, 0.2) is 0 Å². The molecule has 1 aromatic heterocycles. The van der Waals surface area contributed by atoms with Crippen molar-refractivity contribution in [1.29, 1.82) is 0 Å². The van der Waals surface area contributed by atoms with Gasteiger partial charge in [-0.15, -0.1) is 0 Å². The molecule has 0 fully saturated rings. The van der Waals surface area contributed by atoms with E-state index in [9.17, 15) is 0 Å². The maximum atomic E-state index is 5.38. The Morgan fingerprint density at radius 3 is 2.43 bits per heavy atom. The SMILES string of the molecule is CCN(CC)c1ccc(Nc2ccnc(NCc3ccccc3OC)n2)cc1. The van der Waals surface area contributed by atoms with Gasteiger partial charge in [-0.2, -0.15) is 4.98 Å². The second-order valence-corrected chi connectivity index (χ2v) is 6.28. The number of aromatic nitrogens is 2. The molecule has 0 aliphatic rings. The van der Waals surface area contributed by atoms with E-state index in [1.165, 1.54) is 5.69 Å². The second-order valence-electron chi connectivity index (χ2n) is 6.28. The number of rotatable bonds is 9. The van der Waals surface area contributed by atoms with E-state index in [-0.39, 0.29) is 0 Å². The smallest absolute Gasteiger partial charge is 0.224 e. The highest BCUT2D eigenvalue weighted by Gasteiger charge is 2.05. The molecule has 3 rings (SSSR count). The first-order valence-electron chi connectivity index (χ1n) is 9.54. The van der Waals surface area contributed by atoms with Gasteiger partial charge in [0.1, 0.15) is 11.6 Å². The molecule has 0 aliphatic heterocycles. The number of nitrogens with one attached hydrogen (secondary N) is 2. The standard InChI is InChI=1S/C22H27N5O/c1-4-27(5-2)19-12-10-18(11-13-19)25-21-14-15-23-22(26-21)24-16-17-8-6-7-9-20(17)28-3/h6-15H,4-5,16H2,1-3H3,(H2,23,24,25,26). The van der Waals surface area contributed by atoms with Crippen LogP contribution in [-0.2, 0) is 6.54 Å². The summed E-state index contributed by atoms with van der Waals surface area (Å²) in [4.78, 5) is 11.2. The lowest BCUT2D eigenvalue weighted by Crippen LogP contribution is -2.21. The van der Waals surface area contributed by atoms with Crippen molar-refractivity contribution in [2.75, 3.05) is 35.7 Å². The Labute approximate surface area is 166 Å². The minimum absolute atomic E-state index is 0.565. The molecule has 2 aromatic carbocycles. The summed E-state index contributed by atoms with van der Waals surface area (Å²) < 4.78 is 5.38. The summed E-state index contributed by atoms with van der Waals surface area (Å²) in [6.45, 7) is 6.91. The number of ether oxygens (including phenoxy) is 1. The number of para-hydroxylation sites is 1. The molecule has 0 aliphatic carbocycles. The number of methoxy groups -OCH3 is 1. The van der Waals surface area contributed by atoms with Crippen LogP contribution in [0.1, 0.15) is 19.4 Å². The lowest BCUT2D eigenvalue weighted by atomic mass is 10.2. The summed E-state index contributed by atoms with van der Waals surface area (Å²) in [5, 5.41) is 6.59. The van der Waals surface area contributed by atoms with Crippen LogP contribution in [0.3, 0.4) is 0 Å². The van der Waals surface area contributed by atoms with Crippen molar-refractivity contribution in [3.63, 3.8) is 0 Å². The zero-order valence-electron chi connectivity index (χ0n) is 16.6. The van der Waals surface area contributed by atoms with E-state index >= 15 is 0 Å². The van der Waals surface area contributed by atoms with Crippen LogP contribution in [-0.4, -0.2) is 30.2 Å². The van der Waals surface area contributed by atoms with Crippen molar-refractivity contribution in [1.82, 2.24) is 9.97 Å². The van der Waals surface area contributed by atoms with Crippen LogP contribution in [0, 0.1) is 0 Å². The summed E-state index contributed by atoms with van der Waals surface area (Å²) in [5.41, 5.74) is 3.27. The maximum absolute atomic E-state index is 5.38. The average Bonchev–Trinajstić information content (AvgIpc) is 2.75. The molecule has 0 unspecified atom stereocenters. The number of hydrogen-bond donors (Lipinski definition) is 2. The van der Waals surface area contributed by atoms with Gasteiger partial charge in [0, 0.05) is 42.8 Å². The van der Waals surface area contributed by atoms with E-state index in [2.05, 4.69) is 63.6 Å². The van der Waals surface area contributed by atoms with Crippen molar-refractivity contribution in [3.8, 4) is 5.75 Å². The molecule has 146 valence electrons. The quantitative estimate of drug-likeness (QED) is 0.564. The highest BCUT2D eigenvalue weighted by atomic mass is 16.5. The van der Waals surface area contributed by atoms with Gasteiger partial charge in [-0.25, -0.2) is 4.98 Å². The molecule has 0 saturated heterocycles. The topological polar surface area (TPSA) is 62.3 Å². The zero-order valence-corrected chi connectivity index (χ0v) is 16.6. The van der Waals surface area contributed by atoms with Gasteiger partial charge in [0.2, 0.25) is 5.95 Å². The third kappa shape index (κ3) is 4.91. The first kappa shape index (κ1) is 19.5. The van der Waals surface area contributed by atoms with Crippen molar-refractivity contribution in [2.24, 2.45) is 0 Å². The Bertz CT molecular complexity index is 878. The van der Waals surface area contributed by atoms with E-state index < -0.39 is 0 Å². The monoisotopic (exact) mass is 377 g/mol. The first-order chi connectivity index (χ1) is 13.7. The minimum atomic E-state index is 0.565. The lowest BCUT2D eigenvalue weighted by molar-refractivity contribution is 0.410. The molecule has 3 aromatic rings. The van der Waals surface area contributed by atoms with E-state index in [4.69, 9.17) is 4.74 Å². The fourth-order valence-corrected chi connectivity index (χ4v) is 3.03. The van der Waals surface area contributed by atoms with Crippen molar-refractivity contribution >= 4 is 23.1 Å². The molecule has 0 bridgehead atoms. The molecule has 6 nitrogen and oxygen atoms in total. The Balaban J connectivity index is 1.65. The minimum Gasteiger partial charge on any atom is -0.496 e. The predicted octanol–water partition coefficient (Wildman–Crippen LogP) is 4.69. The van der Waals surface area contributed by atoms with E-state index in [0.29, 0.717) is 12.5 Å². The zero-order chi connectivity index (χ0) is 19.8. The molecule has 0 atom stereocenters. The number of anilines is 4. The third-order valence-corrected chi connectivity index (χ3v) is 4.55. The van der Waals surface area contributed by atoms with E-state index in [0.717, 1.165) is 35.9 Å². The molecule has 6 heteroatoms. The Morgan fingerprint density at radius 1 is 0.964 bits per heavy atom. The van der Waals surface area contributed by atoms with Crippen LogP contribution in [0.4, 0.5) is 23.1 Å². The fraction of sp³-hybridized carbons (Fsp3) is 0.273. The summed E-state index contributed by atoms with van der Waals surface area (Å²) in [7, 11) is 1.67. The van der Waals surface area contributed by atoms with Gasteiger partial charge >= 0.3 is 0 Å². The van der Waals surface area contributed by atoms with Crippen molar-refractivity contribution in [3.05, 3.63) is 66.4 Å². The molecular weight excluding hydrogens is 350 g/mol. The predicted molar refractivity (Wildman–Crippen MR) is 116 cm³/mol. The average molecular weight is 377 g/mol. The molecule has 0 spiro atoms. The van der Waals surface area contributed by atoms with Gasteiger partial charge in [-0.3, -0.25) is 0 Å². The van der Waals surface area contributed by atoms with Crippen molar-refractivity contribution < 1.29 is 4.74 Å². The highest BCUT2D eigenvalue weighted by molar-refractivity contribution is 5.61. The Kier molecular flexibility index (Phi) is 6.68. The van der Waals surface area contributed by atoms with Crippen LogP contribution < -0.4 is 20.3 Å². The normalized spacial score (nSPS) is 10.4. The van der Waals surface area contributed by atoms with Gasteiger partial charge in [-0.1, -0.05) is 18.2 Å². The van der Waals surface area contributed by atoms with E-state index in [1.807, 2.05) is 30.3 Å². The number of benzene rings is 2. The first-order valence-corrected chi connectivity index (χ1v) is 9.54. The van der Waals surface area contributed by atoms with E-state index in [1.54, 1.807) is 13.3 Å². The van der Waals surface area contributed by atoms with Crippen LogP contribution in [0.5, 0.6) is 5.75 Å². The second kappa shape index (κ2) is 9.60.